The third kappa shape index (κ3) is 3.01. The first-order chi connectivity index (χ1) is 9.72. The molecule has 1 aromatic carbocycles. The molecule has 112 valence electrons. The van der Waals surface area contributed by atoms with Crippen molar-refractivity contribution in [1.82, 2.24) is 9.88 Å². The summed E-state index contributed by atoms with van der Waals surface area (Å²) < 4.78 is 0. The minimum atomic E-state index is 0. The van der Waals surface area contributed by atoms with Crippen molar-refractivity contribution in [2.75, 3.05) is 13.6 Å². The molecule has 1 heterocycles. The smallest absolute Gasteiger partial charge is 0.256 e. The van der Waals surface area contributed by atoms with Crippen LogP contribution in [0, 0.1) is 5.92 Å². The van der Waals surface area contributed by atoms with Gasteiger partial charge in [-0.1, -0.05) is 18.2 Å². The minimum absolute atomic E-state index is 0. The van der Waals surface area contributed by atoms with Gasteiger partial charge in [-0.3, -0.25) is 9.78 Å². The summed E-state index contributed by atoms with van der Waals surface area (Å²) >= 11 is 0. The van der Waals surface area contributed by atoms with E-state index in [4.69, 9.17) is 5.73 Å². The zero-order chi connectivity index (χ0) is 14.1. The second kappa shape index (κ2) is 6.41. The maximum absolute atomic E-state index is 12.7. The number of amides is 1. The first kappa shape index (κ1) is 15.7. The summed E-state index contributed by atoms with van der Waals surface area (Å²) in [6, 6.07) is 9.71. The first-order valence-electron chi connectivity index (χ1n) is 7.03. The Morgan fingerprint density at radius 1 is 1.38 bits per heavy atom. The predicted octanol–water partition coefficient (Wildman–Crippen LogP) is 2.47. The minimum Gasteiger partial charge on any atom is -0.337 e. The number of pyridine rings is 1. The molecular weight excluding hydrogens is 286 g/mol. The van der Waals surface area contributed by atoms with E-state index in [-0.39, 0.29) is 24.4 Å². The normalized spacial score (nSPS) is 15.3. The van der Waals surface area contributed by atoms with Crippen LogP contribution in [0.15, 0.2) is 36.5 Å². The van der Waals surface area contributed by atoms with E-state index in [1.165, 1.54) is 12.8 Å². The molecule has 0 aliphatic heterocycles. The van der Waals surface area contributed by atoms with Crippen LogP contribution in [0.5, 0.6) is 0 Å². The van der Waals surface area contributed by atoms with Crippen molar-refractivity contribution in [3.8, 4) is 0 Å². The van der Waals surface area contributed by atoms with Crippen molar-refractivity contribution in [1.29, 1.82) is 0 Å². The molecule has 0 spiro atoms. The lowest BCUT2D eigenvalue weighted by Gasteiger charge is -2.27. The summed E-state index contributed by atoms with van der Waals surface area (Å²) in [5.41, 5.74) is 7.25. The molecule has 4 nitrogen and oxygen atoms in total. The number of fused-ring (bicyclic) bond motifs is 1. The number of aromatic nitrogens is 1. The van der Waals surface area contributed by atoms with Crippen molar-refractivity contribution < 1.29 is 4.79 Å². The molecule has 1 aliphatic rings. The van der Waals surface area contributed by atoms with Crippen molar-refractivity contribution in [2.45, 2.75) is 18.9 Å². The van der Waals surface area contributed by atoms with Gasteiger partial charge in [0.2, 0.25) is 0 Å². The van der Waals surface area contributed by atoms with Crippen LogP contribution in [0.1, 0.15) is 23.2 Å². The first-order valence-corrected chi connectivity index (χ1v) is 7.03. The van der Waals surface area contributed by atoms with Gasteiger partial charge in [0.15, 0.2) is 0 Å². The summed E-state index contributed by atoms with van der Waals surface area (Å²) in [7, 11) is 1.85. The zero-order valence-electron chi connectivity index (χ0n) is 12.0. The summed E-state index contributed by atoms with van der Waals surface area (Å²) in [6.45, 7) is 0.519. The second-order valence-corrected chi connectivity index (χ2v) is 5.44. The SMILES string of the molecule is CN(C(=O)c1cccc2cccnc12)C(CN)C1CC1.Cl. The van der Waals surface area contributed by atoms with Crippen LogP contribution >= 0.6 is 12.4 Å². The number of para-hydroxylation sites is 1. The van der Waals surface area contributed by atoms with E-state index in [1.54, 1.807) is 11.1 Å². The molecule has 1 saturated carbocycles. The Balaban J connectivity index is 0.00000161. The molecule has 0 saturated heterocycles. The van der Waals surface area contributed by atoms with Crippen molar-refractivity contribution in [3.63, 3.8) is 0 Å². The van der Waals surface area contributed by atoms with Crippen LogP contribution in [0.3, 0.4) is 0 Å². The lowest BCUT2D eigenvalue weighted by molar-refractivity contribution is 0.0720. The number of nitrogens with zero attached hydrogens (tertiary/aromatic N) is 2. The van der Waals surface area contributed by atoms with Gasteiger partial charge < -0.3 is 10.6 Å². The summed E-state index contributed by atoms with van der Waals surface area (Å²) in [5.74, 6) is 0.577. The second-order valence-electron chi connectivity index (χ2n) is 5.44. The maximum Gasteiger partial charge on any atom is 0.256 e. The molecule has 5 heteroatoms. The van der Waals surface area contributed by atoms with Crippen LogP contribution < -0.4 is 5.73 Å². The maximum atomic E-state index is 12.7. The molecule has 2 N–H and O–H groups in total. The Hall–Kier alpha value is -1.65. The van der Waals surface area contributed by atoms with Gasteiger partial charge in [-0.05, 0) is 30.9 Å². The van der Waals surface area contributed by atoms with Crippen LogP contribution in [0.4, 0.5) is 0 Å². The van der Waals surface area contributed by atoms with Crippen LogP contribution in [0.2, 0.25) is 0 Å². The molecule has 0 radical (unpaired) electrons. The summed E-state index contributed by atoms with van der Waals surface area (Å²) in [4.78, 5) is 18.9. The van der Waals surface area contributed by atoms with E-state index in [2.05, 4.69) is 4.98 Å². The lowest BCUT2D eigenvalue weighted by Crippen LogP contribution is -2.43. The fraction of sp³-hybridized carbons (Fsp3) is 0.375. The Morgan fingerprint density at radius 2 is 2.10 bits per heavy atom. The van der Waals surface area contributed by atoms with Gasteiger partial charge >= 0.3 is 0 Å². The fourth-order valence-corrected chi connectivity index (χ4v) is 2.77. The van der Waals surface area contributed by atoms with E-state index in [1.807, 2.05) is 37.4 Å². The van der Waals surface area contributed by atoms with Crippen molar-refractivity contribution in [2.24, 2.45) is 11.7 Å². The molecule has 1 aliphatic carbocycles. The van der Waals surface area contributed by atoms with Gasteiger partial charge in [0.25, 0.3) is 5.91 Å². The topological polar surface area (TPSA) is 59.2 Å². The van der Waals surface area contributed by atoms with Crippen LogP contribution in [-0.2, 0) is 0 Å². The number of hydrogen-bond acceptors (Lipinski definition) is 3. The van der Waals surface area contributed by atoms with Crippen LogP contribution in [0.25, 0.3) is 10.9 Å². The average molecular weight is 306 g/mol. The van der Waals surface area contributed by atoms with E-state index < -0.39 is 0 Å². The largest absolute Gasteiger partial charge is 0.337 e. The fourth-order valence-electron chi connectivity index (χ4n) is 2.77. The number of hydrogen-bond donors (Lipinski definition) is 1. The third-order valence-corrected chi connectivity index (χ3v) is 4.09. The highest BCUT2D eigenvalue weighted by molar-refractivity contribution is 6.05. The van der Waals surface area contributed by atoms with Gasteiger partial charge in [-0.25, -0.2) is 0 Å². The zero-order valence-corrected chi connectivity index (χ0v) is 12.8. The summed E-state index contributed by atoms with van der Waals surface area (Å²) in [5, 5.41) is 0.988. The highest BCUT2D eigenvalue weighted by atomic mass is 35.5. The monoisotopic (exact) mass is 305 g/mol. The van der Waals surface area contributed by atoms with Crippen molar-refractivity contribution in [3.05, 3.63) is 42.1 Å². The van der Waals surface area contributed by atoms with E-state index >= 15 is 0 Å². The number of halogens is 1. The Morgan fingerprint density at radius 3 is 2.76 bits per heavy atom. The van der Waals surface area contributed by atoms with E-state index in [0.717, 1.165) is 10.9 Å². The number of benzene rings is 1. The molecule has 1 aromatic heterocycles. The Labute approximate surface area is 130 Å². The number of rotatable bonds is 4. The highest BCUT2D eigenvalue weighted by Gasteiger charge is 2.35. The van der Waals surface area contributed by atoms with Gasteiger partial charge in [0.05, 0.1) is 11.1 Å². The summed E-state index contributed by atoms with van der Waals surface area (Å²) in [6.07, 6.45) is 4.07. The third-order valence-electron chi connectivity index (χ3n) is 4.09. The highest BCUT2D eigenvalue weighted by Crippen LogP contribution is 2.35. The van der Waals surface area contributed by atoms with Gasteiger partial charge in [-0.2, -0.15) is 0 Å². The lowest BCUT2D eigenvalue weighted by atomic mass is 10.1. The molecule has 1 fully saturated rings. The van der Waals surface area contributed by atoms with E-state index in [9.17, 15) is 4.79 Å². The number of nitrogens with two attached hydrogens (primary N) is 1. The van der Waals surface area contributed by atoms with Gasteiger partial charge in [-0.15, -0.1) is 12.4 Å². The van der Waals surface area contributed by atoms with Crippen molar-refractivity contribution >= 4 is 29.2 Å². The number of carbonyl (C=O) groups excluding carboxylic acids is 1. The standard InChI is InChI=1S/C16H19N3O.ClH/c1-19(14(10-17)11-7-8-11)16(20)13-6-2-4-12-5-3-9-18-15(12)13;/h2-6,9,11,14H,7-8,10,17H2,1H3;1H. The molecule has 0 bridgehead atoms. The molecule has 1 unspecified atom stereocenters. The Kier molecular flexibility index (Phi) is 4.80. The number of likely N-dealkylation sites (N-methyl/N-ethyl adjacent to an activating group) is 1. The Bertz CT molecular complexity index is 637. The molecule has 3 rings (SSSR count). The van der Waals surface area contributed by atoms with Gasteiger partial charge in [0.1, 0.15) is 0 Å². The molecule has 2 aromatic rings. The number of carbonyl (C=O) groups is 1. The van der Waals surface area contributed by atoms with Crippen LogP contribution in [-0.4, -0.2) is 35.4 Å². The predicted molar refractivity (Wildman–Crippen MR) is 86.7 cm³/mol. The van der Waals surface area contributed by atoms with Gasteiger partial charge in [0, 0.05) is 31.2 Å². The van der Waals surface area contributed by atoms with E-state index in [0.29, 0.717) is 18.0 Å². The molecule has 1 amide bonds. The quantitative estimate of drug-likeness (QED) is 0.944. The molecule has 1 atom stereocenters. The average Bonchev–Trinajstić information content (AvgIpc) is 3.31. The molecular formula is C16H20ClN3O. The molecule has 21 heavy (non-hydrogen) atoms.